The van der Waals surface area contributed by atoms with Crippen LogP contribution in [0, 0.1) is 5.82 Å². The second kappa shape index (κ2) is 5.99. The normalized spacial score (nSPS) is 22.4. The molecule has 1 atom stereocenters. The van der Waals surface area contributed by atoms with Crippen LogP contribution in [0.5, 0.6) is 0 Å². The molecule has 2 aromatic carbocycles. The van der Waals surface area contributed by atoms with Crippen LogP contribution >= 0.6 is 0 Å². The number of carbonyl (C=O) groups excluding carboxylic acids is 2. The zero-order chi connectivity index (χ0) is 17.4. The molecule has 0 unspecified atom stereocenters. The van der Waals surface area contributed by atoms with Crippen LogP contribution in [0.4, 0.5) is 4.39 Å². The number of hydrogen-bond donors (Lipinski definition) is 1. The SMILES string of the molecule is O=C1N[C@]2(CCc3ccccc31)CCN(C(=O)c1ccc(F)cc1)C2. The van der Waals surface area contributed by atoms with E-state index >= 15 is 0 Å². The molecule has 2 aliphatic rings. The van der Waals surface area contributed by atoms with Crippen LogP contribution in [0.2, 0.25) is 0 Å². The molecule has 0 aromatic heterocycles. The van der Waals surface area contributed by atoms with Crippen molar-refractivity contribution in [2.24, 2.45) is 0 Å². The number of nitrogens with one attached hydrogen (secondary N) is 1. The molecule has 0 aliphatic carbocycles. The second-order valence-corrected chi connectivity index (χ2v) is 6.88. The molecule has 0 bridgehead atoms. The van der Waals surface area contributed by atoms with Crippen LogP contribution in [-0.2, 0) is 6.42 Å². The molecular formula is C20H19FN2O2. The summed E-state index contributed by atoms with van der Waals surface area (Å²) < 4.78 is 13.1. The van der Waals surface area contributed by atoms with E-state index in [0.717, 1.165) is 30.4 Å². The lowest BCUT2D eigenvalue weighted by Crippen LogP contribution is -2.50. The predicted molar refractivity (Wildman–Crippen MR) is 91.9 cm³/mol. The number of carbonyl (C=O) groups is 2. The Kier molecular flexibility index (Phi) is 3.79. The van der Waals surface area contributed by atoms with Crippen LogP contribution in [-0.4, -0.2) is 35.3 Å². The van der Waals surface area contributed by atoms with Gasteiger partial charge in [0, 0.05) is 24.2 Å². The van der Waals surface area contributed by atoms with Crippen LogP contribution in [0.25, 0.3) is 0 Å². The van der Waals surface area contributed by atoms with Gasteiger partial charge in [-0.1, -0.05) is 18.2 Å². The van der Waals surface area contributed by atoms with Crippen LogP contribution in [0.15, 0.2) is 48.5 Å². The number of amides is 2. The van der Waals surface area contributed by atoms with E-state index < -0.39 is 0 Å². The molecule has 1 saturated heterocycles. The summed E-state index contributed by atoms with van der Waals surface area (Å²) in [7, 11) is 0. The third-order valence-electron chi connectivity index (χ3n) is 5.25. The molecule has 4 rings (SSSR count). The number of halogens is 1. The number of rotatable bonds is 1. The summed E-state index contributed by atoms with van der Waals surface area (Å²) in [6.07, 6.45) is 2.36. The molecule has 128 valence electrons. The fourth-order valence-electron chi connectivity index (χ4n) is 3.83. The Hall–Kier alpha value is -2.69. The number of benzene rings is 2. The van der Waals surface area contributed by atoms with E-state index in [2.05, 4.69) is 5.32 Å². The van der Waals surface area contributed by atoms with Gasteiger partial charge in [-0.15, -0.1) is 0 Å². The quantitative estimate of drug-likeness (QED) is 0.869. The Labute approximate surface area is 145 Å². The van der Waals surface area contributed by atoms with E-state index in [1.807, 2.05) is 24.3 Å². The van der Waals surface area contributed by atoms with Gasteiger partial charge < -0.3 is 10.2 Å². The van der Waals surface area contributed by atoms with Gasteiger partial charge in [-0.2, -0.15) is 0 Å². The maximum atomic E-state index is 13.1. The maximum absolute atomic E-state index is 13.1. The minimum atomic E-state index is -0.383. The zero-order valence-electron chi connectivity index (χ0n) is 13.8. The number of fused-ring (bicyclic) bond motifs is 1. The molecule has 1 fully saturated rings. The highest BCUT2D eigenvalue weighted by molar-refractivity contribution is 5.97. The molecule has 2 aliphatic heterocycles. The first-order valence-electron chi connectivity index (χ1n) is 8.52. The van der Waals surface area contributed by atoms with Crippen molar-refractivity contribution < 1.29 is 14.0 Å². The van der Waals surface area contributed by atoms with Crippen molar-refractivity contribution in [3.63, 3.8) is 0 Å². The molecule has 0 radical (unpaired) electrons. The van der Waals surface area contributed by atoms with Crippen molar-refractivity contribution in [1.29, 1.82) is 0 Å². The molecule has 1 N–H and O–H groups in total. The third-order valence-corrected chi connectivity index (χ3v) is 5.25. The first kappa shape index (κ1) is 15.8. The van der Waals surface area contributed by atoms with Gasteiger partial charge in [-0.05, 0) is 55.2 Å². The topological polar surface area (TPSA) is 49.4 Å². The Morgan fingerprint density at radius 2 is 1.84 bits per heavy atom. The van der Waals surface area contributed by atoms with E-state index in [1.165, 1.54) is 24.3 Å². The summed E-state index contributed by atoms with van der Waals surface area (Å²) in [4.78, 5) is 27.0. The van der Waals surface area contributed by atoms with E-state index in [9.17, 15) is 14.0 Å². The van der Waals surface area contributed by atoms with Gasteiger partial charge >= 0.3 is 0 Å². The lowest BCUT2D eigenvalue weighted by molar-refractivity contribution is 0.0764. The van der Waals surface area contributed by atoms with Crippen LogP contribution in [0.3, 0.4) is 0 Å². The first-order valence-corrected chi connectivity index (χ1v) is 8.52. The van der Waals surface area contributed by atoms with Crippen LogP contribution < -0.4 is 5.32 Å². The monoisotopic (exact) mass is 338 g/mol. The predicted octanol–water partition coefficient (Wildman–Crippen LogP) is 2.79. The summed E-state index contributed by atoms with van der Waals surface area (Å²) in [6, 6.07) is 13.3. The van der Waals surface area contributed by atoms with Crippen molar-refractivity contribution in [3.05, 3.63) is 71.0 Å². The smallest absolute Gasteiger partial charge is 0.253 e. The van der Waals surface area contributed by atoms with Crippen molar-refractivity contribution in [2.45, 2.75) is 24.8 Å². The van der Waals surface area contributed by atoms with Gasteiger partial charge in [0.15, 0.2) is 0 Å². The molecule has 0 saturated carbocycles. The molecule has 2 amide bonds. The molecule has 2 aromatic rings. The minimum Gasteiger partial charge on any atom is -0.345 e. The fraction of sp³-hybridized carbons (Fsp3) is 0.300. The maximum Gasteiger partial charge on any atom is 0.253 e. The Morgan fingerprint density at radius 3 is 2.64 bits per heavy atom. The van der Waals surface area contributed by atoms with Gasteiger partial charge in [0.1, 0.15) is 5.82 Å². The minimum absolute atomic E-state index is 0.0656. The Bertz CT molecular complexity index is 834. The zero-order valence-corrected chi connectivity index (χ0v) is 13.8. The summed E-state index contributed by atoms with van der Waals surface area (Å²) in [5.74, 6) is -0.541. The largest absolute Gasteiger partial charge is 0.345 e. The number of likely N-dealkylation sites (tertiary alicyclic amines) is 1. The van der Waals surface area contributed by atoms with Crippen LogP contribution in [0.1, 0.15) is 39.1 Å². The summed E-state index contributed by atoms with van der Waals surface area (Å²) in [5.41, 5.74) is 1.87. The van der Waals surface area contributed by atoms with Crippen molar-refractivity contribution >= 4 is 11.8 Å². The fourth-order valence-corrected chi connectivity index (χ4v) is 3.83. The molecule has 4 nitrogen and oxygen atoms in total. The number of hydrogen-bond acceptors (Lipinski definition) is 2. The lowest BCUT2D eigenvalue weighted by Gasteiger charge is -2.29. The lowest BCUT2D eigenvalue weighted by atomic mass is 9.91. The van der Waals surface area contributed by atoms with Gasteiger partial charge in [-0.25, -0.2) is 4.39 Å². The number of aryl methyl sites for hydroxylation is 1. The van der Waals surface area contributed by atoms with Gasteiger partial charge in [0.2, 0.25) is 0 Å². The van der Waals surface area contributed by atoms with Gasteiger partial charge in [0.05, 0.1) is 5.54 Å². The van der Waals surface area contributed by atoms with E-state index in [0.29, 0.717) is 18.7 Å². The molecule has 2 heterocycles. The molecule has 5 heteroatoms. The number of nitrogens with zero attached hydrogens (tertiary/aromatic N) is 1. The van der Waals surface area contributed by atoms with Gasteiger partial charge in [-0.3, -0.25) is 9.59 Å². The highest BCUT2D eigenvalue weighted by atomic mass is 19.1. The molecule has 25 heavy (non-hydrogen) atoms. The average molecular weight is 338 g/mol. The van der Waals surface area contributed by atoms with Crippen molar-refractivity contribution in [2.75, 3.05) is 13.1 Å². The van der Waals surface area contributed by atoms with E-state index in [1.54, 1.807) is 4.90 Å². The second-order valence-electron chi connectivity index (χ2n) is 6.88. The molecule has 1 spiro atoms. The first-order chi connectivity index (χ1) is 12.1. The standard InChI is InChI=1S/C20H19FN2O2/c21-16-7-5-15(6-8-16)19(25)23-12-11-20(13-23)10-9-14-3-1-2-4-17(14)18(24)22-20/h1-8H,9-13H2,(H,22,24)/t20-/m1/s1. The van der Waals surface area contributed by atoms with E-state index in [4.69, 9.17) is 0 Å². The Morgan fingerprint density at radius 1 is 1.08 bits per heavy atom. The summed E-state index contributed by atoms with van der Waals surface area (Å²) in [6.45, 7) is 1.08. The van der Waals surface area contributed by atoms with Crippen molar-refractivity contribution in [1.82, 2.24) is 10.2 Å². The van der Waals surface area contributed by atoms with Crippen molar-refractivity contribution in [3.8, 4) is 0 Å². The van der Waals surface area contributed by atoms with Gasteiger partial charge in [0.25, 0.3) is 11.8 Å². The highest BCUT2D eigenvalue weighted by Gasteiger charge is 2.42. The molecular weight excluding hydrogens is 319 g/mol. The average Bonchev–Trinajstić information content (AvgIpc) is 2.98. The summed E-state index contributed by atoms with van der Waals surface area (Å²) >= 11 is 0. The van der Waals surface area contributed by atoms with E-state index in [-0.39, 0.29) is 23.2 Å². The summed E-state index contributed by atoms with van der Waals surface area (Å²) in [5, 5.41) is 3.16. The third kappa shape index (κ3) is 2.90. The Balaban J connectivity index is 1.53. The highest BCUT2D eigenvalue weighted by Crippen LogP contribution is 2.31.